The number of benzene rings is 1. The average Bonchev–Trinajstić information content (AvgIpc) is 2.15. The first kappa shape index (κ1) is 10.6. The van der Waals surface area contributed by atoms with Crippen LogP contribution < -0.4 is 5.32 Å². The maximum absolute atomic E-state index is 5.78. The lowest BCUT2D eigenvalue weighted by Gasteiger charge is -2.02. The minimum absolute atomic E-state index is 0.810. The van der Waals surface area contributed by atoms with Crippen molar-refractivity contribution in [3.8, 4) is 0 Å². The summed E-state index contributed by atoms with van der Waals surface area (Å²) in [4.78, 5) is 0. The quantitative estimate of drug-likeness (QED) is 0.716. The van der Waals surface area contributed by atoms with Crippen molar-refractivity contribution in [3.63, 3.8) is 0 Å². The largest absolute Gasteiger partial charge is 0.316 e. The number of halogens is 1. The molecule has 0 fully saturated rings. The van der Waals surface area contributed by atoms with Gasteiger partial charge in [-0.3, -0.25) is 0 Å². The molecule has 0 aromatic heterocycles. The van der Waals surface area contributed by atoms with Gasteiger partial charge in [0.1, 0.15) is 0 Å². The zero-order chi connectivity index (χ0) is 9.52. The fourth-order valence-electron chi connectivity index (χ4n) is 1.19. The van der Waals surface area contributed by atoms with Crippen molar-refractivity contribution in [2.24, 2.45) is 0 Å². The van der Waals surface area contributed by atoms with E-state index in [-0.39, 0.29) is 0 Å². The highest BCUT2D eigenvalue weighted by Gasteiger charge is 1.92. The van der Waals surface area contributed by atoms with Gasteiger partial charge in [-0.15, -0.1) is 0 Å². The molecule has 1 aromatic rings. The topological polar surface area (TPSA) is 12.0 Å². The zero-order valence-corrected chi connectivity index (χ0v) is 8.77. The Bertz CT molecular complexity index is 230. The van der Waals surface area contributed by atoms with E-state index in [1.807, 2.05) is 12.1 Å². The Morgan fingerprint density at radius 3 is 2.46 bits per heavy atom. The van der Waals surface area contributed by atoms with Crippen LogP contribution in [0.25, 0.3) is 0 Å². The highest BCUT2D eigenvalue weighted by atomic mass is 35.5. The monoisotopic (exact) mass is 197 g/mol. The highest BCUT2D eigenvalue weighted by molar-refractivity contribution is 6.30. The molecule has 1 N–H and O–H groups in total. The fourth-order valence-corrected chi connectivity index (χ4v) is 1.31. The van der Waals surface area contributed by atoms with Crippen LogP contribution in [0.2, 0.25) is 5.02 Å². The van der Waals surface area contributed by atoms with Gasteiger partial charge in [0.05, 0.1) is 0 Å². The summed E-state index contributed by atoms with van der Waals surface area (Å²) in [7, 11) is 0. The third-order valence-corrected chi connectivity index (χ3v) is 2.18. The van der Waals surface area contributed by atoms with E-state index >= 15 is 0 Å². The van der Waals surface area contributed by atoms with E-state index in [9.17, 15) is 0 Å². The van der Waals surface area contributed by atoms with E-state index in [4.69, 9.17) is 11.6 Å². The predicted octanol–water partition coefficient (Wildman–Crippen LogP) is 2.88. The summed E-state index contributed by atoms with van der Waals surface area (Å²) < 4.78 is 0. The maximum atomic E-state index is 5.78. The molecule has 2 heteroatoms. The molecule has 1 nitrogen and oxygen atoms in total. The standard InChI is InChI=1S/C11H16ClN/c1-2-8-13-9-7-10-3-5-11(12)6-4-10/h3-6,13H,2,7-9H2,1H3. The average molecular weight is 198 g/mol. The molecular formula is C11H16ClN. The molecule has 0 amide bonds. The minimum atomic E-state index is 0.810. The third kappa shape index (κ3) is 4.30. The van der Waals surface area contributed by atoms with E-state index < -0.39 is 0 Å². The first-order chi connectivity index (χ1) is 6.33. The molecule has 0 saturated carbocycles. The fraction of sp³-hybridized carbons (Fsp3) is 0.455. The van der Waals surface area contributed by atoms with Gasteiger partial charge in [-0.25, -0.2) is 0 Å². The molecule has 0 aliphatic heterocycles. The minimum Gasteiger partial charge on any atom is -0.316 e. The van der Waals surface area contributed by atoms with Gasteiger partial charge in [-0.1, -0.05) is 30.7 Å². The lowest BCUT2D eigenvalue weighted by molar-refractivity contribution is 0.671. The molecule has 0 heterocycles. The van der Waals surface area contributed by atoms with Crippen LogP contribution in [-0.4, -0.2) is 13.1 Å². The normalized spacial score (nSPS) is 10.3. The third-order valence-electron chi connectivity index (χ3n) is 1.93. The summed E-state index contributed by atoms with van der Waals surface area (Å²) in [6.07, 6.45) is 2.28. The molecule has 0 radical (unpaired) electrons. The SMILES string of the molecule is CCCNCCc1ccc(Cl)cc1. The lowest BCUT2D eigenvalue weighted by Crippen LogP contribution is -2.17. The van der Waals surface area contributed by atoms with E-state index in [1.165, 1.54) is 12.0 Å². The van der Waals surface area contributed by atoms with Crippen molar-refractivity contribution in [3.05, 3.63) is 34.9 Å². The van der Waals surface area contributed by atoms with Gasteiger partial charge < -0.3 is 5.32 Å². The Balaban J connectivity index is 2.25. The van der Waals surface area contributed by atoms with Crippen molar-refractivity contribution in [1.82, 2.24) is 5.32 Å². The van der Waals surface area contributed by atoms with E-state index in [0.717, 1.165) is 24.5 Å². The smallest absolute Gasteiger partial charge is 0.0406 e. The van der Waals surface area contributed by atoms with Gasteiger partial charge >= 0.3 is 0 Å². The number of rotatable bonds is 5. The Hall–Kier alpha value is -0.530. The van der Waals surface area contributed by atoms with Gasteiger partial charge in [0, 0.05) is 5.02 Å². The molecule has 13 heavy (non-hydrogen) atoms. The summed E-state index contributed by atoms with van der Waals surface area (Å²) in [6.45, 7) is 4.33. The van der Waals surface area contributed by atoms with E-state index in [0.29, 0.717) is 0 Å². The summed E-state index contributed by atoms with van der Waals surface area (Å²) in [6, 6.07) is 8.04. The second-order valence-corrected chi connectivity index (χ2v) is 3.56. The van der Waals surface area contributed by atoms with E-state index in [2.05, 4.69) is 24.4 Å². The zero-order valence-electron chi connectivity index (χ0n) is 8.02. The molecular weight excluding hydrogens is 182 g/mol. The Morgan fingerprint density at radius 2 is 1.85 bits per heavy atom. The molecule has 0 spiro atoms. The van der Waals surface area contributed by atoms with Crippen molar-refractivity contribution in [2.45, 2.75) is 19.8 Å². The second-order valence-electron chi connectivity index (χ2n) is 3.13. The summed E-state index contributed by atoms with van der Waals surface area (Å²) in [5.41, 5.74) is 1.34. The number of nitrogens with one attached hydrogen (secondary N) is 1. The summed E-state index contributed by atoms with van der Waals surface area (Å²) in [5, 5.41) is 4.18. The maximum Gasteiger partial charge on any atom is 0.0406 e. The van der Waals surface area contributed by atoms with Crippen LogP contribution in [0.3, 0.4) is 0 Å². The molecule has 0 aliphatic carbocycles. The molecule has 0 unspecified atom stereocenters. The Labute approximate surface area is 85.1 Å². The van der Waals surface area contributed by atoms with Crippen molar-refractivity contribution < 1.29 is 0 Å². The van der Waals surface area contributed by atoms with Crippen LogP contribution in [0.15, 0.2) is 24.3 Å². The first-order valence-electron chi connectivity index (χ1n) is 4.78. The summed E-state index contributed by atoms with van der Waals surface area (Å²) >= 11 is 5.78. The van der Waals surface area contributed by atoms with E-state index in [1.54, 1.807) is 0 Å². The van der Waals surface area contributed by atoms with Crippen LogP contribution >= 0.6 is 11.6 Å². The Kier molecular flexibility index (Phi) is 4.87. The van der Waals surface area contributed by atoms with Crippen molar-refractivity contribution >= 4 is 11.6 Å². The molecule has 1 aromatic carbocycles. The lowest BCUT2D eigenvalue weighted by atomic mass is 10.1. The highest BCUT2D eigenvalue weighted by Crippen LogP contribution is 2.09. The first-order valence-corrected chi connectivity index (χ1v) is 5.16. The van der Waals surface area contributed by atoms with Gasteiger partial charge in [-0.2, -0.15) is 0 Å². The van der Waals surface area contributed by atoms with Crippen molar-refractivity contribution in [1.29, 1.82) is 0 Å². The molecule has 1 rings (SSSR count). The molecule has 0 bridgehead atoms. The summed E-state index contributed by atoms with van der Waals surface area (Å²) in [5.74, 6) is 0. The number of hydrogen-bond donors (Lipinski definition) is 1. The molecule has 0 aliphatic rings. The van der Waals surface area contributed by atoms with Gasteiger partial charge in [0.25, 0.3) is 0 Å². The molecule has 0 saturated heterocycles. The number of hydrogen-bond acceptors (Lipinski definition) is 1. The van der Waals surface area contributed by atoms with Crippen LogP contribution in [-0.2, 0) is 6.42 Å². The molecule has 72 valence electrons. The van der Waals surface area contributed by atoms with Crippen LogP contribution in [0.5, 0.6) is 0 Å². The van der Waals surface area contributed by atoms with Crippen LogP contribution in [0.1, 0.15) is 18.9 Å². The predicted molar refractivity (Wildman–Crippen MR) is 58.3 cm³/mol. The van der Waals surface area contributed by atoms with Crippen molar-refractivity contribution in [2.75, 3.05) is 13.1 Å². The van der Waals surface area contributed by atoms with Gasteiger partial charge in [0.15, 0.2) is 0 Å². The van der Waals surface area contributed by atoms with Crippen LogP contribution in [0, 0.1) is 0 Å². The molecule has 0 atom stereocenters. The second kappa shape index (κ2) is 6.01. The van der Waals surface area contributed by atoms with Gasteiger partial charge in [-0.05, 0) is 43.6 Å². The van der Waals surface area contributed by atoms with Crippen LogP contribution in [0.4, 0.5) is 0 Å². The Morgan fingerprint density at radius 1 is 1.15 bits per heavy atom. The van der Waals surface area contributed by atoms with Gasteiger partial charge in [0.2, 0.25) is 0 Å².